The van der Waals surface area contributed by atoms with Crippen LogP contribution >= 0.6 is 0 Å². The summed E-state index contributed by atoms with van der Waals surface area (Å²) in [5, 5.41) is 6.76. The molecule has 0 spiro atoms. The third-order valence-electron chi connectivity index (χ3n) is 0. The topological polar surface area (TPSA) is 39.4 Å². The molecule has 0 fully saturated rings. The molecular formula is CCl2NNaOZn. The number of isocyanates is 1. The molecule has 0 saturated heterocycles. The molecule has 0 amide bonds. The SMILES string of the molecule is [Cl-].[Cl-].[N-]=C=O.[Na+].[Zn+2]. The van der Waals surface area contributed by atoms with Crippen LogP contribution in [0.4, 0.5) is 0 Å². The van der Waals surface area contributed by atoms with E-state index in [-0.39, 0.29) is 73.8 Å². The maximum Gasteiger partial charge on any atom is 2.00 e. The van der Waals surface area contributed by atoms with E-state index in [1.807, 2.05) is 0 Å². The molecule has 0 aliphatic carbocycles. The van der Waals surface area contributed by atoms with Crippen LogP contribution in [0, 0.1) is 0 Å². The quantitative estimate of drug-likeness (QED) is 0.218. The van der Waals surface area contributed by atoms with Gasteiger partial charge in [0.2, 0.25) is 0 Å². The molecule has 0 aromatic heterocycles. The molecule has 0 heterocycles. The Labute approximate surface area is 89.2 Å². The van der Waals surface area contributed by atoms with E-state index in [0.717, 1.165) is 0 Å². The van der Waals surface area contributed by atoms with Gasteiger partial charge < -0.3 is 30.2 Å². The summed E-state index contributed by atoms with van der Waals surface area (Å²) in [6.07, 6.45) is 0.500. The van der Waals surface area contributed by atoms with Gasteiger partial charge in [0, 0.05) is 0 Å². The van der Waals surface area contributed by atoms with E-state index in [2.05, 4.69) is 0 Å². The van der Waals surface area contributed by atoms with Crippen molar-refractivity contribution in [2.24, 2.45) is 0 Å². The van der Waals surface area contributed by atoms with Gasteiger partial charge in [0.1, 0.15) is 0 Å². The first-order chi connectivity index (χ1) is 1.41. The average molecular weight is 201 g/mol. The van der Waals surface area contributed by atoms with Gasteiger partial charge in [0.25, 0.3) is 0 Å². The molecule has 0 aromatic carbocycles. The van der Waals surface area contributed by atoms with Crippen molar-refractivity contribution in [1.29, 1.82) is 0 Å². The third-order valence-corrected chi connectivity index (χ3v) is 0. The van der Waals surface area contributed by atoms with E-state index >= 15 is 0 Å². The van der Waals surface area contributed by atoms with E-state index < -0.39 is 0 Å². The van der Waals surface area contributed by atoms with Gasteiger partial charge in [-0.15, -0.1) is 0 Å². The van der Waals surface area contributed by atoms with Crippen LogP contribution < -0.4 is 54.4 Å². The smallest absolute Gasteiger partial charge is 1.00 e. The first-order valence-corrected chi connectivity index (χ1v) is 0.428. The van der Waals surface area contributed by atoms with Crippen LogP contribution in [-0.2, 0) is 24.3 Å². The zero-order valence-corrected chi connectivity index (χ0v) is 10.3. The van der Waals surface area contributed by atoms with Crippen molar-refractivity contribution < 1.29 is 78.6 Å². The number of rotatable bonds is 0. The van der Waals surface area contributed by atoms with Crippen molar-refractivity contribution in [2.75, 3.05) is 0 Å². The van der Waals surface area contributed by atoms with E-state index in [4.69, 9.17) is 10.2 Å². The molecule has 0 unspecified atom stereocenters. The van der Waals surface area contributed by atoms with Crippen molar-refractivity contribution in [1.82, 2.24) is 0 Å². The molecule has 0 aliphatic rings. The predicted molar refractivity (Wildman–Crippen MR) is 9.05 cm³/mol. The molecule has 7 heavy (non-hydrogen) atoms. The Balaban J connectivity index is -0.00000000333. The van der Waals surface area contributed by atoms with Crippen LogP contribution in [0.3, 0.4) is 0 Å². The summed E-state index contributed by atoms with van der Waals surface area (Å²) in [5.74, 6) is 0. The first-order valence-electron chi connectivity index (χ1n) is 0.428. The van der Waals surface area contributed by atoms with E-state index in [9.17, 15) is 0 Å². The average Bonchev–Trinajstić information content (AvgIpc) is 0.918. The molecule has 2 nitrogen and oxygen atoms in total. The number of carbonyl (C=O) groups excluding carboxylic acids is 1. The summed E-state index contributed by atoms with van der Waals surface area (Å²) in [6, 6.07) is 0. The van der Waals surface area contributed by atoms with Gasteiger partial charge in [-0.3, -0.25) is 4.79 Å². The van der Waals surface area contributed by atoms with E-state index in [1.54, 1.807) is 0 Å². The van der Waals surface area contributed by atoms with Crippen molar-refractivity contribution in [2.45, 2.75) is 0 Å². The van der Waals surface area contributed by atoms with Gasteiger partial charge in [0.05, 0.1) is 0 Å². The molecular weight excluding hydrogens is 201 g/mol. The van der Waals surface area contributed by atoms with Crippen molar-refractivity contribution in [3.05, 3.63) is 5.41 Å². The second kappa shape index (κ2) is 49.2. The molecule has 0 aromatic rings. The molecule has 0 aliphatic heterocycles. The minimum Gasteiger partial charge on any atom is -1.00 e. The van der Waals surface area contributed by atoms with Gasteiger partial charge in [-0.1, -0.05) is 0 Å². The molecule has 0 bridgehead atoms. The fourth-order valence-electron chi connectivity index (χ4n) is 0. The Bertz CT molecular complexity index is 38.7. The number of hydrogen-bond acceptors (Lipinski definition) is 1. The van der Waals surface area contributed by atoms with Crippen molar-refractivity contribution >= 4 is 6.08 Å². The van der Waals surface area contributed by atoms with Gasteiger partial charge in [-0.05, 0) is 6.08 Å². The normalized spacial score (nSPS) is 1.14. The molecule has 0 saturated carbocycles. The standard InChI is InChI=1S/CNO.2ClH.Na.Zn/c2-1-3;;;;/h;2*1H;;/q-1;;;+1;+2/p-2. The summed E-state index contributed by atoms with van der Waals surface area (Å²) >= 11 is 0. The van der Waals surface area contributed by atoms with Gasteiger partial charge >= 0.3 is 49.0 Å². The van der Waals surface area contributed by atoms with E-state index in [0.29, 0.717) is 6.08 Å². The zero-order chi connectivity index (χ0) is 2.71. The molecule has 0 rings (SSSR count). The van der Waals surface area contributed by atoms with Gasteiger partial charge in [-0.25, -0.2) is 0 Å². The van der Waals surface area contributed by atoms with Crippen LogP contribution in [0.1, 0.15) is 0 Å². The third kappa shape index (κ3) is 94.3. The van der Waals surface area contributed by atoms with Crippen molar-refractivity contribution in [3.8, 4) is 0 Å². The number of nitrogens with zero attached hydrogens (tertiary/aromatic N) is 1. The summed E-state index contributed by atoms with van der Waals surface area (Å²) in [6.45, 7) is 0. The second-order valence-electron chi connectivity index (χ2n) is 0.0913. The predicted octanol–water partition coefficient (Wildman–Crippen LogP) is -9.10. The minimum absolute atomic E-state index is 0. The molecule has 0 atom stereocenters. The van der Waals surface area contributed by atoms with Crippen LogP contribution in [0.5, 0.6) is 0 Å². The Morgan fingerprint density at radius 1 is 1.29 bits per heavy atom. The van der Waals surface area contributed by atoms with Crippen LogP contribution in [0.15, 0.2) is 0 Å². The fourth-order valence-corrected chi connectivity index (χ4v) is 0. The summed E-state index contributed by atoms with van der Waals surface area (Å²) in [7, 11) is 0. The first kappa shape index (κ1) is 38.4. The van der Waals surface area contributed by atoms with Gasteiger partial charge in [-0.2, -0.15) is 0 Å². The second-order valence-corrected chi connectivity index (χ2v) is 0.0913. The summed E-state index contributed by atoms with van der Waals surface area (Å²) < 4.78 is 0. The Kier molecular flexibility index (Phi) is 270. The zero-order valence-electron chi connectivity index (χ0n) is 3.82. The van der Waals surface area contributed by atoms with Crippen LogP contribution in [0.2, 0.25) is 0 Å². The number of halogens is 2. The summed E-state index contributed by atoms with van der Waals surface area (Å²) in [4.78, 5) is 8.24. The minimum atomic E-state index is 0. The monoisotopic (exact) mass is 199 g/mol. The van der Waals surface area contributed by atoms with Crippen molar-refractivity contribution in [3.63, 3.8) is 0 Å². The van der Waals surface area contributed by atoms with Crippen LogP contribution in [-0.4, -0.2) is 6.08 Å². The largest absolute Gasteiger partial charge is 2.00 e. The Morgan fingerprint density at radius 3 is 1.29 bits per heavy atom. The maximum absolute atomic E-state index is 8.24. The van der Waals surface area contributed by atoms with Crippen LogP contribution in [0.25, 0.3) is 5.41 Å². The number of hydrogen-bond donors (Lipinski definition) is 0. The fraction of sp³-hybridized carbons (Fsp3) is 0. The molecule has 6 heteroatoms. The molecule has 32 valence electrons. The maximum atomic E-state index is 8.24. The van der Waals surface area contributed by atoms with E-state index in [1.165, 1.54) is 0 Å². The molecule has 0 radical (unpaired) electrons. The molecule has 0 N–H and O–H groups in total. The Morgan fingerprint density at radius 2 is 1.29 bits per heavy atom. The Hall–Kier alpha value is 1.58. The van der Waals surface area contributed by atoms with Gasteiger partial charge in [0.15, 0.2) is 0 Å². The summed E-state index contributed by atoms with van der Waals surface area (Å²) in [5.41, 5.74) is 0.